The predicted molar refractivity (Wildman–Crippen MR) is 77.1 cm³/mol. The number of imidazole rings is 1. The van der Waals surface area contributed by atoms with Gasteiger partial charge in [-0.15, -0.1) is 0 Å². The van der Waals surface area contributed by atoms with Gasteiger partial charge in [-0.05, 0) is 18.2 Å². The molecule has 0 fully saturated rings. The van der Waals surface area contributed by atoms with Crippen molar-refractivity contribution in [1.29, 1.82) is 0 Å². The molecule has 2 amide bonds. The number of carboxylic acids is 1. The first kappa shape index (κ1) is 14.6. The molecule has 0 aliphatic rings. The summed E-state index contributed by atoms with van der Waals surface area (Å²) in [6, 6.07) is 5.77. The zero-order chi connectivity index (χ0) is 15.4. The molecule has 0 aliphatic heterocycles. The van der Waals surface area contributed by atoms with E-state index in [4.69, 9.17) is 5.11 Å². The number of nitrogens with one attached hydrogen (secondary N) is 1. The summed E-state index contributed by atoms with van der Waals surface area (Å²) in [6.45, 7) is 0.355. The number of carboxylic acid groups (broad SMARTS) is 1. The van der Waals surface area contributed by atoms with Crippen LogP contribution in [0.4, 0.5) is 10.5 Å². The lowest BCUT2D eigenvalue weighted by Gasteiger charge is -2.17. The molecule has 110 valence electrons. The Labute approximate surface area is 121 Å². The highest BCUT2D eigenvalue weighted by molar-refractivity contribution is 5.93. The molecular formula is C14H16N4O3. The Morgan fingerprint density at radius 1 is 1.43 bits per heavy atom. The largest absolute Gasteiger partial charge is 0.478 e. The highest BCUT2D eigenvalue weighted by Gasteiger charge is 2.12. The second kappa shape index (κ2) is 6.08. The lowest BCUT2D eigenvalue weighted by Crippen LogP contribution is -2.31. The summed E-state index contributed by atoms with van der Waals surface area (Å²) in [5, 5.41) is 11.6. The first-order chi connectivity index (χ1) is 9.97. The summed E-state index contributed by atoms with van der Waals surface area (Å²) in [6.07, 6.45) is 3.47. The highest BCUT2D eigenvalue weighted by atomic mass is 16.4. The average Bonchev–Trinajstić information content (AvgIpc) is 2.84. The number of aromatic carboxylic acids is 1. The Kier molecular flexibility index (Phi) is 4.22. The summed E-state index contributed by atoms with van der Waals surface area (Å²) in [4.78, 5) is 28.6. The summed E-state index contributed by atoms with van der Waals surface area (Å²) in [5.41, 5.74) is 0.561. The molecule has 1 aromatic heterocycles. The van der Waals surface area contributed by atoms with Gasteiger partial charge in [-0.3, -0.25) is 0 Å². The van der Waals surface area contributed by atoms with Gasteiger partial charge in [0.1, 0.15) is 5.82 Å². The van der Waals surface area contributed by atoms with Crippen molar-refractivity contribution in [1.82, 2.24) is 14.5 Å². The van der Waals surface area contributed by atoms with Crippen LogP contribution >= 0.6 is 0 Å². The topological polar surface area (TPSA) is 87.5 Å². The van der Waals surface area contributed by atoms with Crippen LogP contribution < -0.4 is 5.32 Å². The van der Waals surface area contributed by atoms with E-state index in [1.807, 2.05) is 11.6 Å². The van der Waals surface area contributed by atoms with E-state index in [2.05, 4.69) is 10.3 Å². The van der Waals surface area contributed by atoms with Gasteiger partial charge in [-0.1, -0.05) is 6.07 Å². The second-order valence-electron chi connectivity index (χ2n) is 4.63. The molecule has 0 spiro atoms. The number of hydrogen-bond acceptors (Lipinski definition) is 3. The average molecular weight is 288 g/mol. The maximum atomic E-state index is 12.1. The third-order valence-corrected chi connectivity index (χ3v) is 3.01. The Bertz CT molecular complexity index is 666. The molecule has 21 heavy (non-hydrogen) atoms. The van der Waals surface area contributed by atoms with Crippen molar-refractivity contribution < 1.29 is 14.7 Å². The fourth-order valence-electron chi connectivity index (χ4n) is 1.78. The van der Waals surface area contributed by atoms with Gasteiger partial charge in [-0.2, -0.15) is 0 Å². The van der Waals surface area contributed by atoms with E-state index in [0.717, 1.165) is 5.82 Å². The minimum Gasteiger partial charge on any atom is -0.478 e. The summed E-state index contributed by atoms with van der Waals surface area (Å²) in [5.74, 6) is -0.278. The number of benzene rings is 1. The van der Waals surface area contributed by atoms with Crippen molar-refractivity contribution >= 4 is 17.7 Å². The number of carbonyl (C=O) groups is 2. The molecule has 0 saturated heterocycles. The Morgan fingerprint density at radius 2 is 2.19 bits per heavy atom. The van der Waals surface area contributed by atoms with Gasteiger partial charge in [0.2, 0.25) is 0 Å². The molecule has 2 rings (SSSR count). The standard InChI is InChI=1S/C14H16N4O3/c1-17-7-6-15-12(17)9-18(2)14(21)16-11-5-3-4-10(8-11)13(19)20/h3-8H,9H2,1-2H3,(H,16,21)(H,19,20). The van der Waals surface area contributed by atoms with Gasteiger partial charge in [-0.25, -0.2) is 14.6 Å². The van der Waals surface area contributed by atoms with E-state index in [9.17, 15) is 9.59 Å². The molecule has 1 aromatic carbocycles. The Morgan fingerprint density at radius 3 is 2.81 bits per heavy atom. The maximum absolute atomic E-state index is 12.1. The van der Waals surface area contributed by atoms with Gasteiger partial charge in [0.05, 0.1) is 12.1 Å². The van der Waals surface area contributed by atoms with Crippen LogP contribution in [0.25, 0.3) is 0 Å². The minimum absolute atomic E-state index is 0.125. The normalized spacial score (nSPS) is 10.2. The summed E-state index contributed by atoms with van der Waals surface area (Å²) in [7, 11) is 3.50. The first-order valence-corrected chi connectivity index (χ1v) is 6.29. The first-order valence-electron chi connectivity index (χ1n) is 6.29. The Hall–Kier alpha value is -2.83. The fraction of sp³-hybridized carbons (Fsp3) is 0.214. The molecule has 0 saturated carbocycles. The van der Waals surface area contributed by atoms with Crippen LogP contribution in [0.1, 0.15) is 16.2 Å². The van der Waals surface area contributed by atoms with Gasteiger partial charge >= 0.3 is 12.0 Å². The van der Waals surface area contributed by atoms with E-state index in [1.165, 1.54) is 17.0 Å². The van der Waals surface area contributed by atoms with E-state index in [1.54, 1.807) is 31.6 Å². The lowest BCUT2D eigenvalue weighted by atomic mass is 10.2. The number of urea groups is 1. The number of anilines is 1. The molecule has 0 radical (unpaired) electrons. The smallest absolute Gasteiger partial charge is 0.335 e. The molecule has 7 nitrogen and oxygen atoms in total. The number of nitrogens with zero attached hydrogens (tertiary/aromatic N) is 3. The number of aromatic nitrogens is 2. The summed E-state index contributed by atoms with van der Waals surface area (Å²) < 4.78 is 1.83. The van der Waals surface area contributed by atoms with E-state index in [-0.39, 0.29) is 11.6 Å². The lowest BCUT2D eigenvalue weighted by molar-refractivity contribution is 0.0697. The maximum Gasteiger partial charge on any atom is 0.335 e. The van der Waals surface area contributed by atoms with Crippen LogP contribution in [-0.2, 0) is 13.6 Å². The third kappa shape index (κ3) is 3.59. The van der Waals surface area contributed by atoms with Crippen LogP contribution in [0.3, 0.4) is 0 Å². The van der Waals surface area contributed by atoms with Crippen LogP contribution in [0.15, 0.2) is 36.7 Å². The highest BCUT2D eigenvalue weighted by Crippen LogP contribution is 2.12. The van der Waals surface area contributed by atoms with Crippen LogP contribution in [0.2, 0.25) is 0 Å². The second-order valence-corrected chi connectivity index (χ2v) is 4.63. The molecular weight excluding hydrogens is 272 g/mol. The van der Waals surface area contributed by atoms with Crippen molar-refractivity contribution in [3.63, 3.8) is 0 Å². The van der Waals surface area contributed by atoms with Crippen molar-refractivity contribution in [2.45, 2.75) is 6.54 Å². The quantitative estimate of drug-likeness (QED) is 0.897. The molecule has 2 aromatic rings. The van der Waals surface area contributed by atoms with Crippen LogP contribution in [-0.4, -0.2) is 38.6 Å². The number of hydrogen-bond donors (Lipinski definition) is 2. The van der Waals surface area contributed by atoms with E-state index >= 15 is 0 Å². The molecule has 7 heteroatoms. The number of aryl methyl sites for hydroxylation is 1. The monoisotopic (exact) mass is 288 g/mol. The molecule has 2 N–H and O–H groups in total. The van der Waals surface area contributed by atoms with Crippen LogP contribution in [0, 0.1) is 0 Å². The molecule has 0 unspecified atom stereocenters. The zero-order valence-electron chi connectivity index (χ0n) is 11.8. The van der Waals surface area contributed by atoms with E-state index < -0.39 is 5.97 Å². The van der Waals surface area contributed by atoms with Crippen molar-refractivity contribution in [3.05, 3.63) is 48.0 Å². The van der Waals surface area contributed by atoms with Crippen molar-refractivity contribution in [3.8, 4) is 0 Å². The van der Waals surface area contributed by atoms with Gasteiger partial charge < -0.3 is 19.9 Å². The van der Waals surface area contributed by atoms with Gasteiger partial charge in [0.15, 0.2) is 0 Å². The van der Waals surface area contributed by atoms with Crippen molar-refractivity contribution in [2.24, 2.45) is 7.05 Å². The van der Waals surface area contributed by atoms with Gasteiger partial charge in [0.25, 0.3) is 0 Å². The molecule has 0 aliphatic carbocycles. The molecule has 1 heterocycles. The van der Waals surface area contributed by atoms with E-state index in [0.29, 0.717) is 12.2 Å². The Balaban J connectivity index is 2.02. The SMILES string of the molecule is CN(Cc1nccn1C)C(=O)Nc1cccc(C(=O)O)c1. The number of amides is 2. The van der Waals surface area contributed by atoms with Crippen molar-refractivity contribution in [2.75, 3.05) is 12.4 Å². The zero-order valence-corrected chi connectivity index (χ0v) is 11.8. The summed E-state index contributed by atoms with van der Waals surface area (Å²) >= 11 is 0. The number of rotatable bonds is 4. The van der Waals surface area contributed by atoms with Gasteiger partial charge in [0, 0.05) is 32.2 Å². The predicted octanol–water partition coefficient (Wildman–Crippen LogP) is 1.78. The molecule has 0 bridgehead atoms. The minimum atomic E-state index is -1.03. The van der Waals surface area contributed by atoms with Crippen LogP contribution in [0.5, 0.6) is 0 Å². The number of carbonyl (C=O) groups excluding carboxylic acids is 1. The fourth-order valence-corrected chi connectivity index (χ4v) is 1.78. The molecule has 0 atom stereocenters. The third-order valence-electron chi connectivity index (χ3n) is 3.01.